The van der Waals surface area contributed by atoms with Gasteiger partial charge in [-0.05, 0) is 18.4 Å². The lowest BCUT2D eigenvalue weighted by Gasteiger charge is -2.26. The predicted octanol–water partition coefficient (Wildman–Crippen LogP) is 1.70. The third-order valence-corrected chi connectivity index (χ3v) is 3.15. The highest BCUT2D eigenvalue weighted by Crippen LogP contribution is 2.22. The van der Waals surface area contributed by atoms with E-state index in [1.54, 1.807) is 13.0 Å². The molecule has 2 aromatic carbocycles. The standard InChI is InChI=1S/C15H18N2O3/c1-15(9-18,10-19)17-14(20)16-13-8-4-6-11-5-2-3-7-12(11)13/h2-8,18-19H,9-10H2,1H3,(H2,16,17,20). The summed E-state index contributed by atoms with van der Waals surface area (Å²) >= 11 is 0. The van der Waals surface area contributed by atoms with Crippen LogP contribution in [-0.2, 0) is 0 Å². The Bertz CT molecular complexity index is 604. The molecule has 2 rings (SSSR count). The number of rotatable bonds is 4. The Hall–Kier alpha value is -2.11. The monoisotopic (exact) mass is 274 g/mol. The lowest BCUT2D eigenvalue weighted by Crippen LogP contribution is -2.53. The summed E-state index contributed by atoms with van der Waals surface area (Å²) in [5.41, 5.74) is -0.367. The maximum absolute atomic E-state index is 11.9. The maximum atomic E-state index is 11.9. The number of nitrogens with one attached hydrogen (secondary N) is 2. The maximum Gasteiger partial charge on any atom is 0.319 e. The Morgan fingerprint density at radius 2 is 1.75 bits per heavy atom. The van der Waals surface area contributed by atoms with Crippen molar-refractivity contribution in [1.82, 2.24) is 5.32 Å². The van der Waals surface area contributed by atoms with Crippen molar-refractivity contribution in [3.05, 3.63) is 42.5 Å². The summed E-state index contributed by atoms with van der Waals surface area (Å²) in [5.74, 6) is 0. The van der Waals surface area contributed by atoms with Crippen LogP contribution in [0.4, 0.5) is 10.5 Å². The van der Waals surface area contributed by atoms with Crippen molar-refractivity contribution < 1.29 is 15.0 Å². The van der Waals surface area contributed by atoms with E-state index in [-0.39, 0.29) is 13.2 Å². The van der Waals surface area contributed by atoms with Gasteiger partial charge in [0.1, 0.15) is 0 Å². The third-order valence-electron chi connectivity index (χ3n) is 3.15. The molecule has 106 valence electrons. The van der Waals surface area contributed by atoms with Crippen LogP contribution in [0.1, 0.15) is 6.92 Å². The quantitative estimate of drug-likeness (QED) is 0.685. The minimum atomic E-state index is -1.05. The fourth-order valence-electron chi connectivity index (χ4n) is 1.89. The number of carbonyl (C=O) groups excluding carboxylic acids is 1. The number of carbonyl (C=O) groups is 1. The van der Waals surface area contributed by atoms with Crippen molar-refractivity contribution in [2.24, 2.45) is 0 Å². The molecule has 5 heteroatoms. The summed E-state index contributed by atoms with van der Waals surface area (Å²) < 4.78 is 0. The molecule has 0 aliphatic carbocycles. The van der Waals surface area contributed by atoms with Gasteiger partial charge in [-0.2, -0.15) is 0 Å². The fraction of sp³-hybridized carbons (Fsp3) is 0.267. The van der Waals surface area contributed by atoms with E-state index >= 15 is 0 Å². The second-order valence-corrected chi connectivity index (χ2v) is 4.98. The summed E-state index contributed by atoms with van der Waals surface area (Å²) in [4.78, 5) is 11.9. The van der Waals surface area contributed by atoms with E-state index in [4.69, 9.17) is 10.2 Å². The van der Waals surface area contributed by atoms with Crippen LogP contribution in [0.2, 0.25) is 0 Å². The Balaban J connectivity index is 2.18. The Morgan fingerprint density at radius 3 is 2.45 bits per heavy atom. The van der Waals surface area contributed by atoms with Gasteiger partial charge in [-0.15, -0.1) is 0 Å². The Labute approximate surface area is 117 Å². The average Bonchev–Trinajstić information content (AvgIpc) is 2.47. The molecule has 0 saturated carbocycles. The smallest absolute Gasteiger partial charge is 0.319 e. The number of hydrogen-bond acceptors (Lipinski definition) is 3. The van der Waals surface area contributed by atoms with Crippen molar-refractivity contribution in [3.63, 3.8) is 0 Å². The highest BCUT2D eigenvalue weighted by atomic mass is 16.3. The van der Waals surface area contributed by atoms with E-state index in [1.165, 1.54) is 0 Å². The topological polar surface area (TPSA) is 81.6 Å². The molecule has 5 nitrogen and oxygen atoms in total. The summed E-state index contributed by atoms with van der Waals surface area (Å²) in [7, 11) is 0. The normalized spacial score (nSPS) is 11.3. The highest BCUT2D eigenvalue weighted by Gasteiger charge is 2.24. The Kier molecular flexibility index (Phi) is 4.22. The number of fused-ring (bicyclic) bond motifs is 1. The number of amides is 2. The lowest BCUT2D eigenvalue weighted by molar-refractivity contribution is 0.111. The van der Waals surface area contributed by atoms with E-state index in [1.807, 2.05) is 36.4 Å². The van der Waals surface area contributed by atoms with Crippen LogP contribution in [0.3, 0.4) is 0 Å². The van der Waals surface area contributed by atoms with Gasteiger partial charge in [0, 0.05) is 5.39 Å². The van der Waals surface area contributed by atoms with Gasteiger partial charge < -0.3 is 20.8 Å². The van der Waals surface area contributed by atoms with E-state index in [9.17, 15) is 4.79 Å². The molecule has 0 bridgehead atoms. The average molecular weight is 274 g/mol. The molecular formula is C15H18N2O3. The first kappa shape index (κ1) is 14.3. The molecule has 0 unspecified atom stereocenters. The zero-order valence-corrected chi connectivity index (χ0v) is 11.3. The first-order valence-corrected chi connectivity index (χ1v) is 6.37. The number of aliphatic hydroxyl groups excluding tert-OH is 2. The fourth-order valence-corrected chi connectivity index (χ4v) is 1.89. The molecule has 0 aromatic heterocycles. The van der Waals surface area contributed by atoms with Crippen LogP contribution in [0.25, 0.3) is 10.8 Å². The van der Waals surface area contributed by atoms with Gasteiger partial charge in [0.15, 0.2) is 0 Å². The lowest BCUT2D eigenvalue weighted by atomic mass is 10.1. The minimum Gasteiger partial charge on any atom is -0.394 e. The first-order valence-electron chi connectivity index (χ1n) is 6.37. The molecule has 2 aromatic rings. The van der Waals surface area contributed by atoms with E-state index in [0.29, 0.717) is 5.69 Å². The van der Waals surface area contributed by atoms with Gasteiger partial charge in [-0.3, -0.25) is 0 Å². The summed E-state index contributed by atoms with van der Waals surface area (Å²) in [6.45, 7) is 0.884. The number of urea groups is 1. The minimum absolute atomic E-state index is 0.341. The van der Waals surface area contributed by atoms with E-state index < -0.39 is 11.6 Å². The molecule has 0 aliphatic heterocycles. The summed E-state index contributed by atoms with van der Waals surface area (Å²) in [6, 6.07) is 12.9. The van der Waals surface area contributed by atoms with Gasteiger partial charge in [0.05, 0.1) is 24.4 Å². The summed E-state index contributed by atoms with van der Waals surface area (Å²) in [5, 5.41) is 25.6. The molecule has 0 atom stereocenters. The van der Waals surface area contributed by atoms with Crippen molar-refractivity contribution in [1.29, 1.82) is 0 Å². The van der Waals surface area contributed by atoms with Crippen LogP contribution < -0.4 is 10.6 Å². The highest BCUT2D eigenvalue weighted by molar-refractivity contribution is 6.01. The number of benzene rings is 2. The van der Waals surface area contributed by atoms with Crippen LogP contribution in [-0.4, -0.2) is 35.0 Å². The van der Waals surface area contributed by atoms with Crippen LogP contribution in [0, 0.1) is 0 Å². The molecule has 0 fully saturated rings. The van der Waals surface area contributed by atoms with Crippen molar-refractivity contribution in [2.45, 2.75) is 12.5 Å². The largest absolute Gasteiger partial charge is 0.394 e. The molecule has 0 aliphatic rings. The van der Waals surface area contributed by atoms with Crippen LogP contribution >= 0.6 is 0 Å². The number of hydrogen-bond donors (Lipinski definition) is 4. The van der Waals surface area contributed by atoms with Crippen molar-refractivity contribution in [3.8, 4) is 0 Å². The molecule has 4 N–H and O–H groups in total. The van der Waals surface area contributed by atoms with Crippen LogP contribution in [0.15, 0.2) is 42.5 Å². The zero-order chi connectivity index (χ0) is 14.6. The van der Waals surface area contributed by atoms with E-state index in [2.05, 4.69) is 10.6 Å². The Morgan fingerprint density at radius 1 is 1.10 bits per heavy atom. The molecule has 0 heterocycles. The summed E-state index contributed by atoms with van der Waals surface area (Å²) in [6.07, 6.45) is 0. The molecule has 0 saturated heterocycles. The molecule has 0 radical (unpaired) electrons. The van der Waals surface area contributed by atoms with Gasteiger partial charge in [-0.1, -0.05) is 36.4 Å². The number of aliphatic hydroxyl groups is 2. The molecule has 2 amide bonds. The number of anilines is 1. The van der Waals surface area contributed by atoms with Crippen molar-refractivity contribution >= 4 is 22.5 Å². The van der Waals surface area contributed by atoms with Gasteiger partial charge in [-0.25, -0.2) is 4.79 Å². The second kappa shape index (κ2) is 5.90. The van der Waals surface area contributed by atoms with Gasteiger partial charge in [0.2, 0.25) is 0 Å². The predicted molar refractivity (Wildman–Crippen MR) is 78.7 cm³/mol. The van der Waals surface area contributed by atoms with Gasteiger partial charge in [0.25, 0.3) is 0 Å². The SMILES string of the molecule is CC(CO)(CO)NC(=O)Nc1cccc2ccccc12. The molecular weight excluding hydrogens is 256 g/mol. The molecule has 0 spiro atoms. The third kappa shape index (κ3) is 3.07. The second-order valence-electron chi connectivity index (χ2n) is 4.98. The van der Waals surface area contributed by atoms with Gasteiger partial charge >= 0.3 is 6.03 Å². The zero-order valence-electron chi connectivity index (χ0n) is 11.3. The van der Waals surface area contributed by atoms with E-state index in [0.717, 1.165) is 10.8 Å². The van der Waals surface area contributed by atoms with Crippen LogP contribution in [0.5, 0.6) is 0 Å². The molecule has 20 heavy (non-hydrogen) atoms. The first-order chi connectivity index (χ1) is 9.58. The van der Waals surface area contributed by atoms with Crippen molar-refractivity contribution in [2.75, 3.05) is 18.5 Å².